The maximum atomic E-state index is 13.7. The van der Waals surface area contributed by atoms with E-state index in [9.17, 15) is 8.42 Å². The van der Waals surface area contributed by atoms with Crippen LogP contribution in [0.25, 0.3) is 21.6 Å². The van der Waals surface area contributed by atoms with Crippen LogP contribution in [0.4, 0.5) is 5.69 Å². The Morgan fingerprint density at radius 1 is 1.00 bits per heavy atom. The summed E-state index contributed by atoms with van der Waals surface area (Å²) >= 11 is 2.97. The molecular weight excluding hydrogens is 559 g/mol. The first kappa shape index (κ1) is 25.9. The smallest absolute Gasteiger partial charge is 0.273 e. The van der Waals surface area contributed by atoms with E-state index in [0.29, 0.717) is 28.3 Å². The van der Waals surface area contributed by atoms with E-state index in [1.165, 1.54) is 21.9 Å². The summed E-state index contributed by atoms with van der Waals surface area (Å²) in [5.74, 6) is 0.952. The van der Waals surface area contributed by atoms with Crippen molar-refractivity contribution < 1.29 is 8.42 Å². The Kier molecular flexibility index (Phi) is 6.95. The molecule has 1 saturated carbocycles. The van der Waals surface area contributed by atoms with E-state index in [1.807, 2.05) is 42.0 Å². The van der Waals surface area contributed by atoms with Crippen molar-refractivity contribution in [3.63, 3.8) is 0 Å². The maximum absolute atomic E-state index is 13.7. The van der Waals surface area contributed by atoms with Gasteiger partial charge in [0.2, 0.25) is 0 Å². The van der Waals surface area contributed by atoms with Gasteiger partial charge in [0.15, 0.2) is 0 Å². The molecule has 206 valence electrons. The molecule has 0 atom stereocenters. The maximum Gasteiger partial charge on any atom is 0.273 e. The predicted octanol–water partition coefficient (Wildman–Crippen LogP) is 6.73. The molecule has 7 rings (SSSR count). The van der Waals surface area contributed by atoms with E-state index in [4.69, 9.17) is 4.98 Å². The molecule has 1 aromatic carbocycles. The van der Waals surface area contributed by atoms with Gasteiger partial charge in [-0.15, -0.1) is 22.7 Å². The van der Waals surface area contributed by atoms with Crippen LogP contribution in [0.1, 0.15) is 42.2 Å². The number of nitrogens with zero attached hydrogens (tertiary/aromatic N) is 4. The molecule has 1 saturated heterocycles. The summed E-state index contributed by atoms with van der Waals surface area (Å²) in [6, 6.07) is 17.7. The lowest BCUT2D eigenvalue weighted by atomic mass is 9.93. The van der Waals surface area contributed by atoms with E-state index in [2.05, 4.69) is 33.1 Å². The Balaban J connectivity index is 1.11. The molecule has 5 aromatic rings. The largest absolute Gasteiger partial charge is 0.351 e. The van der Waals surface area contributed by atoms with Crippen LogP contribution in [0.15, 0.2) is 76.6 Å². The first-order valence-electron chi connectivity index (χ1n) is 13.8. The summed E-state index contributed by atoms with van der Waals surface area (Å²) in [7, 11) is -3.64. The quantitative estimate of drug-likeness (QED) is 0.206. The molecule has 10 heteroatoms. The summed E-state index contributed by atoms with van der Waals surface area (Å²) in [6.07, 6.45) is 8.27. The first-order chi connectivity index (χ1) is 19.5. The highest BCUT2D eigenvalue weighted by Gasteiger charge is 2.34. The van der Waals surface area contributed by atoms with Crippen molar-refractivity contribution in [2.24, 2.45) is 5.92 Å². The summed E-state index contributed by atoms with van der Waals surface area (Å²) < 4.78 is 29.3. The van der Waals surface area contributed by atoms with Gasteiger partial charge in [0.25, 0.3) is 10.0 Å². The number of anilines is 1. The number of aromatic nitrogens is 3. The lowest BCUT2D eigenvalue weighted by molar-refractivity contribution is 0.205. The second-order valence-electron chi connectivity index (χ2n) is 10.8. The van der Waals surface area contributed by atoms with Crippen LogP contribution in [-0.2, 0) is 16.6 Å². The van der Waals surface area contributed by atoms with Crippen LogP contribution in [0.3, 0.4) is 0 Å². The number of thiophene rings is 1. The minimum atomic E-state index is -3.64. The Morgan fingerprint density at radius 2 is 1.88 bits per heavy atom. The number of piperidine rings is 1. The summed E-state index contributed by atoms with van der Waals surface area (Å²) in [4.78, 5) is 16.6. The van der Waals surface area contributed by atoms with Gasteiger partial charge in [0.05, 0.1) is 16.9 Å². The summed E-state index contributed by atoms with van der Waals surface area (Å²) in [5.41, 5.74) is 3.68. The van der Waals surface area contributed by atoms with Crippen LogP contribution >= 0.6 is 22.7 Å². The van der Waals surface area contributed by atoms with Gasteiger partial charge in [-0.05, 0) is 80.4 Å². The lowest BCUT2D eigenvalue weighted by Crippen LogP contribution is -2.32. The standard InChI is InChI=1S/C30H31N5O2S3/c36-40(37,28-8-4-16-38-28)35(19-21-9-10-21)27-7-3-5-23-17-26(33-29(23)27)30-32-18-24(39-30)20-34-14-11-22(12-15-34)25-6-1-2-13-31-25/h1-8,13,16-18,21-22,33H,9-12,14-15,19-20H2. The molecule has 2 aliphatic rings. The number of nitrogens with one attached hydrogen (secondary N) is 1. The SMILES string of the molecule is O=S(=O)(c1cccs1)N(CC1CC1)c1cccc2cc(-c3ncc(CN4CCC(c5ccccn5)CC4)s3)[nH]c12. The number of pyridine rings is 1. The van der Waals surface area contributed by atoms with Crippen molar-refractivity contribution >= 4 is 49.3 Å². The molecule has 2 fully saturated rings. The number of hydrogen-bond acceptors (Lipinski definition) is 7. The van der Waals surface area contributed by atoms with Gasteiger partial charge >= 0.3 is 0 Å². The molecule has 7 nitrogen and oxygen atoms in total. The van der Waals surface area contributed by atoms with Crippen LogP contribution in [-0.4, -0.2) is 47.9 Å². The fourth-order valence-corrected chi connectivity index (χ4v) is 9.16. The highest BCUT2D eigenvalue weighted by atomic mass is 32.2. The fraction of sp³-hybridized carbons (Fsp3) is 0.333. The highest BCUT2D eigenvalue weighted by molar-refractivity contribution is 7.94. The van der Waals surface area contributed by atoms with Crippen molar-refractivity contribution in [2.45, 2.75) is 42.4 Å². The first-order valence-corrected chi connectivity index (χ1v) is 16.9. The average molecular weight is 590 g/mol. The van der Waals surface area contributed by atoms with Crippen LogP contribution in [0, 0.1) is 5.92 Å². The van der Waals surface area contributed by atoms with Crippen LogP contribution in [0.2, 0.25) is 0 Å². The third kappa shape index (κ3) is 5.21. The van der Waals surface area contributed by atoms with Crippen molar-refractivity contribution in [1.82, 2.24) is 19.9 Å². The number of fused-ring (bicyclic) bond motifs is 1. The van der Waals surface area contributed by atoms with Gasteiger partial charge < -0.3 is 4.98 Å². The monoisotopic (exact) mass is 589 g/mol. The molecule has 1 N–H and O–H groups in total. The van der Waals surface area contributed by atoms with Crippen molar-refractivity contribution in [3.8, 4) is 10.7 Å². The molecule has 1 aliphatic heterocycles. The third-order valence-corrected chi connectivity index (χ3v) is 12.1. The van der Waals surface area contributed by atoms with Gasteiger partial charge in [-0.25, -0.2) is 13.4 Å². The number of likely N-dealkylation sites (tertiary alicyclic amines) is 1. The molecule has 0 radical (unpaired) electrons. The number of aromatic amines is 1. The molecule has 0 bridgehead atoms. The predicted molar refractivity (Wildman–Crippen MR) is 162 cm³/mol. The second kappa shape index (κ2) is 10.7. The topological polar surface area (TPSA) is 82.2 Å². The highest BCUT2D eigenvalue weighted by Crippen LogP contribution is 2.39. The lowest BCUT2D eigenvalue weighted by Gasteiger charge is -2.31. The minimum Gasteiger partial charge on any atom is -0.351 e. The van der Waals surface area contributed by atoms with E-state index in [0.717, 1.165) is 66.9 Å². The molecule has 5 heterocycles. The summed E-state index contributed by atoms with van der Waals surface area (Å²) in [5, 5.41) is 3.73. The van der Waals surface area contributed by atoms with Crippen LogP contribution < -0.4 is 4.31 Å². The van der Waals surface area contributed by atoms with Crippen molar-refractivity contribution in [1.29, 1.82) is 0 Å². The van der Waals surface area contributed by atoms with Crippen LogP contribution in [0.5, 0.6) is 0 Å². The van der Waals surface area contributed by atoms with Crippen molar-refractivity contribution in [3.05, 3.63) is 82.9 Å². The zero-order valence-electron chi connectivity index (χ0n) is 22.1. The zero-order chi connectivity index (χ0) is 27.1. The minimum absolute atomic E-state index is 0.380. The molecule has 40 heavy (non-hydrogen) atoms. The molecule has 1 aliphatic carbocycles. The van der Waals surface area contributed by atoms with Gasteiger partial charge in [0.1, 0.15) is 9.22 Å². The number of benzene rings is 1. The molecule has 0 spiro atoms. The fourth-order valence-electron chi connectivity index (χ4n) is 5.57. The Morgan fingerprint density at radius 3 is 2.62 bits per heavy atom. The number of para-hydroxylation sites is 1. The van der Waals surface area contributed by atoms with E-state index >= 15 is 0 Å². The van der Waals surface area contributed by atoms with Gasteiger partial charge in [-0.3, -0.25) is 14.2 Å². The second-order valence-corrected chi connectivity index (χ2v) is 14.9. The number of sulfonamides is 1. The number of thiazole rings is 1. The molecule has 0 amide bonds. The third-order valence-electron chi connectivity index (χ3n) is 7.92. The number of hydrogen-bond donors (Lipinski definition) is 1. The van der Waals surface area contributed by atoms with E-state index in [1.54, 1.807) is 27.8 Å². The van der Waals surface area contributed by atoms with Crippen molar-refractivity contribution in [2.75, 3.05) is 23.9 Å². The Bertz CT molecular complexity index is 1700. The Labute approximate surface area is 242 Å². The molecule has 0 unspecified atom stereocenters. The van der Waals surface area contributed by atoms with E-state index in [-0.39, 0.29) is 0 Å². The van der Waals surface area contributed by atoms with Gasteiger partial charge in [0, 0.05) is 47.4 Å². The van der Waals surface area contributed by atoms with Gasteiger partial charge in [-0.2, -0.15) is 0 Å². The van der Waals surface area contributed by atoms with E-state index < -0.39 is 10.0 Å². The average Bonchev–Trinajstić information content (AvgIpc) is 3.36. The number of H-pyrrole nitrogens is 1. The zero-order valence-corrected chi connectivity index (χ0v) is 24.5. The summed E-state index contributed by atoms with van der Waals surface area (Å²) in [6.45, 7) is 3.51. The molecular formula is C30H31N5O2S3. The van der Waals surface area contributed by atoms with Gasteiger partial charge in [-0.1, -0.05) is 24.3 Å². The number of rotatable bonds is 9. The Hall–Kier alpha value is -3.05. The normalized spacial score (nSPS) is 17.0. The molecule has 4 aromatic heterocycles.